The average molecular weight is 248 g/mol. The second-order valence-corrected chi connectivity index (χ2v) is 3.65. The standard InChI is InChI=1S/C9H11BrFNO/c1-5(12)7-3-6(11)4-8(10)9(7)13-2/h3-5H,12H2,1-2H3. The lowest BCUT2D eigenvalue weighted by molar-refractivity contribution is 0.402. The van der Waals surface area contributed by atoms with Crippen LogP contribution in [0, 0.1) is 5.82 Å². The van der Waals surface area contributed by atoms with Crippen molar-refractivity contribution in [3.05, 3.63) is 28.0 Å². The fourth-order valence-corrected chi connectivity index (χ4v) is 1.74. The maximum absolute atomic E-state index is 13.0. The Morgan fingerprint density at radius 1 is 1.54 bits per heavy atom. The van der Waals surface area contributed by atoms with E-state index in [1.165, 1.54) is 19.2 Å². The van der Waals surface area contributed by atoms with E-state index >= 15 is 0 Å². The molecule has 0 aliphatic rings. The van der Waals surface area contributed by atoms with E-state index in [1.54, 1.807) is 6.92 Å². The summed E-state index contributed by atoms with van der Waals surface area (Å²) in [7, 11) is 1.53. The molecule has 0 heterocycles. The van der Waals surface area contributed by atoms with Crippen molar-refractivity contribution in [2.45, 2.75) is 13.0 Å². The third-order valence-corrected chi connectivity index (χ3v) is 2.32. The quantitative estimate of drug-likeness (QED) is 0.873. The van der Waals surface area contributed by atoms with Crippen molar-refractivity contribution in [3.8, 4) is 5.75 Å². The SMILES string of the molecule is COc1c(Br)cc(F)cc1C(C)N. The molecular formula is C9H11BrFNO. The second kappa shape index (κ2) is 4.07. The van der Waals surface area contributed by atoms with Crippen molar-refractivity contribution in [2.75, 3.05) is 7.11 Å². The molecule has 1 atom stereocenters. The third-order valence-electron chi connectivity index (χ3n) is 1.73. The molecule has 0 amide bonds. The smallest absolute Gasteiger partial charge is 0.137 e. The van der Waals surface area contributed by atoms with Gasteiger partial charge in [-0.15, -0.1) is 0 Å². The molecule has 1 aromatic rings. The Bertz CT molecular complexity index is 315. The topological polar surface area (TPSA) is 35.2 Å². The number of rotatable bonds is 2. The maximum Gasteiger partial charge on any atom is 0.137 e. The lowest BCUT2D eigenvalue weighted by Crippen LogP contribution is -2.07. The number of hydrogen-bond donors (Lipinski definition) is 1. The predicted octanol–water partition coefficient (Wildman–Crippen LogP) is 2.62. The van der Waals surface area contributed by atoms with E-state index in [0.717, 1.165) is 0 Å². The van der Waals surface area contributed by atoms with Gasteiger partial charge in [-0.2, -0.15) is 0 Å². The molecule has 0 spiro atoms. The number of benzene rings is 1. The average Bonchev–Trinajstić information content (AvgIpc) is 2.02. The summed E-state index contributed by atoms with van der Waals surface area (Å²) in [5.74, 6) is 0.274. The van der Waals surface area contributed by atoms with Crippen LogP contribution in [0.2, 0.25) is 0 Å². The van der Waals surface area contributed by atoms with Gasteiger partial charge in [0.2, 0.25) is 0 Å². The number of halogens is 2. The highest BCUT2D eigenvalue weighted by molar-refractivity contribution is 9.10. The van der Waals surface area contributed by atoms with Gasteiger partial charge in [-0.3, -0.25) is 0 Å². The van der Waals surface area contributed by atoms with E-state index in [0.29, 0.717) is 15.8 Å². The molecule has 2 N–H and O–H groups in total. The van der Waals surface area contributed by atoms with E-state index in [1.807, 2.05) is 0 Å². The highest BCUT2D eigenvalue weighted by Gasteiger charge is 2.12. The van der Waals surface area contributed by atoms with E-state index in [-0.39, 0.29) is 11.9 Å². The van der Waals surface area contributed by atoms with Gasteiger partial charge in [0, 0.05) is 11.6 Å². The Kier molecular flexibility index (Phi) is 3.27. The number of nitrogens with two attached hydrogens (primary N) is 1. The molecule has 0 aliphatic heterocycles. The molecule has 0 radical (unpaired) electrons. The summed E-state index contributed by atoms with van der Waals surface area (Å²) in [5, 5.41) is 0. The van der Waals surface area contributed by atoms with Crippen molar-refractivity contribution in [1.82, 2.24) is 0 Å². The maximum atomic E-state index is 13.0. The van der Waals surface area contributed by atoms with Gasteiger partial charge >= 0.3 is 0 Å². The molecule has 0 fully saturated rings. The normalized spacial score (nSPS) is 12.7. The van der Waals surface area contributed by atoms with Gasteiger partial charge in [0.1, 0.15) is 11.6 Å². The van der Waals surface area contributed by atoms with Crippen molar-refractivity contribution in [2.24, 2.45) is 5.73 Å². The first kappa shape index (κ1) is 10.5. The van der Waals surface area contributed by atoms with Crippen molar-refractivity contribution in [3.63, 3.8) is 0 Å². The zero-order chi connectivity index (χ0) is 10.0. The largest absolute Gasteiger partial charge is 0.495 e. The van der Waals surface area contributed by atoms with Gasteiger partial charge in [-0.05, 0) is 35.0 Å². The molecule has 0 saturated carbocycles. The summed E-state index contributed by atoms with van der Waals surface area (Å²) in [6.45, 7) is 1.78. The molecule has 72 valence electrons. The molecule has 1 unspecified atom stereocenters. The molecule has 0 aromatic heterocycles. The Morgan fingerprint density at radius 2 is 2.15 bits per heavy atom. The Balaban J connectivity index is 3.29. The first-order chi connectivity index (χ1) is 6.06. The van der Waals surface area contributed by atoms with Crippen LogP contribution in [0.4, 0.5) is 4.39 Å². The molecule has 2 nitrogen and oxygen atoms in total. The van der Waals surface area contributed by atoms with Crippen LogP contribution in [-0.2, 0) is 0 Å². The first-order valence-corrected chi connectivity index (χ1v) is 4.64. The van der Waals surface area contributed by atoms with Crippen LogP contribution in [0.15, 0.2) is 16.6 Å². The lowest BCUT2D eigenvalue weighted by Gasteiger charge is -2.13. The van der Waals surface area contributed by atoms with E-state index < -0.39 is 0 Å². The Labute approximate surface area is 85.0 Å². The molecule has 13 heavy (non-hydrogen) atoms. The van der Waals surface area contributed by atoms with E-state index in [2.05, 4.69) is 15.9 Å². The van der Waals surface area contributed by atoms with Crippen molar-refractivity contribution >= 4 is 15.9 Å². The van der Waals surface area contributed by atoms with Crippen LogP contribution in [-0.4, -0.2) is 7.11 Å². The zero-order valence-electron chi connectivity index (χ0n) is 7.47. The highest BCUT2D eigenvalue weighted by atomic mass is 79.9. The van der Waals surface area contributed by atoms with E-state index in [4.69, 9.17) is 10.5 Å². The second-order valence-electron chi connectivity index (χ2n) is 2.80. The van der Waals surface area contributed by atoms with Gasteiger partial charge in [0.05, 0.1) is 11.6 Å². The molecule has 1 rings (SSSR count). The lowest BCUT2D eigenvalue weighted by atomic mass is 10.1. The summed E-state index contributed by atoms with van der Waals surface area (Å²) in [6.07, 6.45) is 0. The minimum atomic E-state index is -0.319. The van der Waals surface area contributed by atoms with Crippen LogP contribution in [0.5, 0.6) is 5.75 Å². The van der Waals surface area contributed by atoms with E-state index in [9.17, 15) is 4.39 Å². The summed E-state index contributed by atoms with van der Waals surface area (Å²) in [4.78, 5) is 0. The van der Waals surface area contributed by atoms with Gasteiger partial charge < -0.3 is 10.5 Å². The minimum Gasteiger partial charge on any atom is -0.495 e. The fourth-order valence-electron chi connectivity index (χ4n) is 1.13. The zero-order valence-corrected chi connectivity index (χ0v) is 9.06. The van der Waals surface area contributed by atoms with Crippen LogP contribution in [0.3, 0.4) is 0 Å². The Hall–Kier alpha value is -0.610. The van der Waals surface area contributed by atoms with Crippen molar-refractivity contribution < 1.29 is 9.13 Å². The molecule has 1 aromatic carbocycles. The summed E-state index contributed by atoms with van der Waals surface area (Å²) < 4.78 is 18.6. The minimum absolute atomic E-state index is 0.248. The van der Waals surface area contributed by atoms with Crippen LogP contribution in [0.25, 0.3) is 0 Å². The van der Waals surface area contributed by atoms with Gasteiger partial charge in [-0.25, -0.2) is 4.39 Å². The fraction of sp³-hybridized carbons (Fsp3) is 0.333. The highest BCUT2D eigenvalue weighted by Crippen LogP contribution is 2.32. The summed E-state index contributed by atoms with van der Waals surface area (Å²) in [6, 6.07) is 2.49. The molecule has 4 heteroatoms. The van der Waals surface area contributed by atoms with Crippen molar-refractivity contribution in [1.29, 1.82) is 0 Å². The van der Waals surface area contributed by atoms with Gasteiger partial charge in [-0.1, -0.05) is 0 Å². The molecular weight excluding hydrogens is 237 g/mol. The van der Waals surface area contributed by atoms with Crippen LogP contribution in [0.1, 0.15) is 18.5 Å². The number of hydrogen-bond acceptors (Lipinski definition) is 2. The first-order valence-electron chi connectivity index (χ1n) is 3.84. The third kappa shape index (κ3) is 2.19. The van der Waals surface area contributed by atoms with Crippen LogP contribution >= 0.6 is 15.9 Å². The molecule has 0 aliphatic carbocycles. The molecule has 0 bridgehead atoms. The van der Waals surface area contributed by atoms with Crippen LogP contribution < -0.4 is 10.5 Å². The Morgan fingerprint density at radius 3 is 2.62 bits per heavy atom. The molecule has 0 saturated heterocycles. The van der Waals surface area contributed by atoms with Gasteiger partial charge in [0.15, 0.2) is 0 Å². The number of ether oxygens (including phenoxy) is 1. The van der Waals surface area contributed by atoms with Gasteiger partial charge in [0.25, 0.3) is 0 Å². The summed E-state index contributed by atoms with van der Waals surface area (Å²) >= 11 is 3.21. The summed E-state index contributed by atoms with van der Waals surface area (Å²) in [5.41, 5.74) is 6.32. The monoisotopic (exact) mass is 247 g/mol. The number of methoxy groups -OCH3 is 1. The predicted molar refractivity (Wildman–Crippen MR) is 53.3 cm³/mol.